The van der Waals surface area contributed by atoms with Crippen molar-refractivity contribution in [2.75, 3.05) is 0 Å². The van der Waals surface area contributed by atoms with E-state index in [9.17, 15) is 13.2 Å². The van der Waals surface area contributed by atoms with Crippen LogP contribution in [0.15, 0.2) is 18.3 Å². The standard InChI is InChI=1S/C12H8ClF3N4S/c1-2-6-5-7-9(17-11(13)18-10(7)21-6)20-4-3-8(19-20)12(14,15)16/h3-5H,2H2,1H3. The Morgan fingerprint density at radius 1 is 1.33 bits per heavy atom. The lowest BCUT2D eigenvalue weighted by Crippen LogP contribution is -2.08. The molecule has 3 aromatic rings. The van der Waals surface area contributed by atoms with Crippen molar-refractivity contribution in [2.45, 2.75) is 19.5 Å². The van der Waals surface area contributed by atoms with Crippen LogP contribution in [-0.4, -0.2) is 19.7 Å². The van der Waals surface area contributed by atoms with Crippen LogP contribution in [0.1, 0.15) is 17.5 Å². The number of hydrogen-bond acceptors (Lipinski definition) is 4. The lowest BCUT2D eigenvalue weighted by Gasteiger charge is -2.04. The van der Waals surface area contributed by atoms with Crippen LogP contribution >= 0.6 is 22.9 Å². The van der Waals surface area contributed by atoms with Crippen LogP contribution in [0.4, 0.5) is 13.2 Å². The van der Waals surface area contributed by atoms with Crippen LogP contribution in [0, 0.1) is 0 Å². The third-order valence-electron chi connectivity index (χ3n) is 2.84. The van der Waals surface area contributed by atoms with E-state index in [1.54, 1.807) is 0 Å². The number of halogens is 4. The molecule has 0 aliphatic rings. The molecule has 0 saturated carbocycles. The third-order valence-corrected chi connectivity index (χ3v) is 4.18. The van der Waals surface area contributed by atoms with Crippen molar-refractivity contribution < 1.29 is 13.2 Å². The number of fused-ring (bicyclic) bond motifs is 1. The summed E-state index contributed by atoms with van der Waals surface area (Å²) in [5.74, 6) is 0.247. The summed E-state index contributed by atoms with van der Waals surface area (Å²) in [4.78, 5) is 9.78. The molecule has 0 aliphatic heterocycles. The Balaban J connectivity index is 2.19. The molecule has 0 fully saturated rings. The number of nitrogens with zero attached hydrogens (tertiary/aromatic N) is 4. The summed E-state index contributed by atoms with van der Waals surface area (Å²) in [5.41, 5.74) is -0.976. The van der Waals surface area contributed by atoms with Gasteiger partial charge in [0.2, 0.25) is 5.28 Å². The van der Waals surface area contributed by atoms with Crippen molar-refractivity contribution in [3.8, 4) is 5.82 Å². The average molecular weight is 333 g/mol. The maximum atomic E-state index is 12.6. The number of aryl methyl sites for hydroxylation is 1. The molecule has 21 heavy (non-hydrogen) atoms. The van der Waals surface area contributed by atoms with Crippen LogP contribution in [0.3, 0.4) is 0 Å². The Hall–Kier alpha value is -1.67. The molecule has 0 radical (unpaired) electrons. The quantitative estimate of drug-likeness (QED) is 0.663. The molecule has 3 rings (SSSR count). The molecule has 3 heterocycles. The monoisotopic (exact) mass is 332 g/mol. The Bertz CT molecular complexity index is 809. The second-order valence-electron chi connectivity index (χ2n) is 4.24. The van der Waals surface area contributed by atoms with Crippen LogP contribution < -0.4 is 0 Å². The molecule has 0 amide bonds. The average Bonchev–Trinajstić information content (AvgIpc) is 3.03. The predicted molar refractivity (Wildman–Crippen MR) is 73.9 cm³/mol. The van der Waals surface area contributed by atoms with E-state index in [2.05, 4.69) is 15.1 Å². The van der Waals surface area contributed by atoms with Crippen molar-refractivity contribution in [3.63, 3.8) is 0 Å². The molecule has 4 nitrogen and oxygen atoms in total. The lowest BCUT2D eigenvalue weighted by atomic mass is 10.3. The van der Waals surface area contributed by atoms with Gasteiger partial charge in [0.15, 0.2) is 11.5 Å². The highest BCUT2D eigenvalue weighted by molar-refractivity contribution is 7.18. The van der Waals surface area contributed by atoms with Gasteiger partial charge in [-0.2, -0.15) is 23.3 Å². The van der Waals surface area contributed by atoms with Gasteiger partial charge in [0.1, 0.15) is 4.83 Å². The van der Waals surface area contributed by atoms with E-state index in [1.807, 2.05) is 13.0 Å². The first-order chi connectivity index (χ1) is 9.88. The summed E-state index contributed by atoms with van der Waals surface area (Å²) in [6.45, 7) is 1.98. The largest absolute Gasteiger partial charge is 0.435 e. The van der Waals surface area contributed by atoms with E-state index in [1.165, 1.54) is 17.5 Å². The molecule has 9 heteroatoms. The van der Waals surface area contributed by atoms with Crippen molar-refractivity contribution >= 4 is 33.2 Å². The highest BCUT2D eigenvalue weighted by atomic mass is 35.5. The summed E-state index contributed by atoms with van der Waals surface area (Å²) in [6, 6.07) is 2.75. The van der Waals surface area contributed by atoms with Crippen molar-refractivity contribution in [2.24, 2.45) is 0 Å². The molecule has 0 aromatic carbocycles. The van der Waals surface area contributed by atoms with Gasteiger partial charge in [0.25, 0.3) is 0 Å². The summed E-state index contributed by atoms with van der Waals surface area (Å²) >= 11 is 7.28. The number of thiophene rings is 1. The van der Waals surface area contributed by atoms with Gasteiger partial charge < -0.3 is 0 Å². The molecule has 0 atom stereocenters. The zero-order valence-corrected chi connectivity index (χ0v) is 12.2. The Morgan fingerprint density at radius 2 is 2.10 bits per heavy atom. The van der Waals surface area contributed by atoms with Crippen LogP contribution in [0.2, 0.25) is 5.28 Å². The summed E-state index contributed by atoms with van der Waals surface area (Å²) in [7, 11) is 0. The number of alkyl halides is 3. The minimum absolute atomic E-state index is 0.0222. The van der Waals surface area contributed by atoms with Crippen molar-refractivity contribution in [1.29, 1.82) is 0 Å². The first-order valence-electron chi connectivity index (χ1n) is 5.97. The van der Waals surface area contributed by atoms with E-state index < -0.39 is 11.9 Å². The highest BCUT2D eigenvalue weighted by Gasteiger charge is 2.34. The van der Waals surface area contributed by atoms with Gasteiger partial charge in [0.05, 0.1) is 5.39 Å². The Kier molecular flexibility index (Phi) is 3.37. The van der Waals surface area contributed by atoms with E-state index >= 15 is 0 Å². The van der Waals surface area contributed by atoms with Gasteiger partial charge in [-0.15, -0.1) is 11.3 Å². The molecule has 0 saturated heterocycles. The fourth-order valence-corrected chi connectivity index (χ4v) is 3.05. The van der Waals surface area contributed by atoms with Gasteiger partial charge in [-0.25, -0.2) is 9.67 Å². The minimum atomic E-state index is -4.50. The Labute approximate surface area is 126 Å². The molecule has 0 aliphatic carbocycles. The fourth-order valence-electron chi connectivity index (χ4n) is 1.87. The number of rotatable bonds is 2. The predicted octanol–water partition coefficient (Wildman–Crippen LogP) is 4.11. The normalized spacial score (nSPS) is 12.2. The van der Waals surface area contributed by atoms with Crippen LogP contribution in [0.25, 0.3) is 16.0 Å². The molecule has 0 bridgehead atoms. The zero-order chi connectivity index (χ0) is 15.2. The number of hydrogen-bond donors (Lipinski definition) is 0. The molecular weight excluding hydrogens is 325 g/mol. The molecule has 0 spiro atoms. The third kappa shape index (κ3) is 2.60. The molecular formula is C12H8ClF3N4S. The van der Waals surface area contributed by atoms with Crippen molar-refractivity contribution in [1.82, 2.24) is 19.7 Å². The molecule has 110 valence electrons. The molecule has 3 aromatic heterocycles. The lowest BCUT2D eigenvalue weighted by molar-refractivity contribution is -0.141. The first-order valence-corrected chi connectivity index (χ1v) is 7.17. The van der Waals surface area contributed by atoms with Gasteiger partial charge >= 0.3 is 6.18 Å². The van der Waals surface area contributed by atoms with Gasteiger partial charge in [-0.05, 0) is 30.2 Å². The molecule has 0 unspecified atom stereocenters. The van der Waals surface area contributed by atoms with Crippen LogP contribution in [-0.2, 0) is 12.6 Å². The van der Waals surface area contributed by atoms with Gasteiger partial charge in [0, 0.05) is 11.1 Å². The minimum Gasteiger partial charge on any atom is -0.221 e. The smallest absolute Gasteiger partial charge is 0.221 e. The molecule has 0 N–H and O–H groups in total. The van der Waals surface area contributed by atoms with Gasteiger partial charge in [-0.1, -0.05) is 6.92 Å². The second-order valence-corrected chi connectivity index (χ2v) is 5.70. The SMILES string of the molecule is CCc1cc2c(-n3ccc(C(F)(F)F)n3)nc(Cl)nc2s1. The summed E-state index contributed by atoms with van der Waals surface area (Å²) < 4.78 is 39.0. The van der Waals surface area contributed by atoms with E-state index in [-0.39, 0.29) is 11.1 Å². The first kappa shape index (κ1) is 14.3. The fraction of sp³-hybridized carbons (Fsp3) is 0.250. The van der Waals surface area contributed by atoms with E-state index in [0.717, 1.165) is 22.0 Å². The zero-order valence-electron chi connectivity index (χ0n) is 10.6. The van der Waals surface area contributed by atoms with Crippen molar-refractivity contribution in [3.05, 3.63) is 34.2 Å². The highest BCUT2D eigenvalue weighted by Crippen LogP contribution is 2.31. The van der Waals surface area contributed by atoms with E-state index in [4.69, 9.17) is 11.6 Å². The second kappa shape index (κ2) is 4.96. The number of aromatic nitrogens is 4. The summed E-state index contributed by atoms with van der Waals surface area (Å²) in [5, 5.41) is 4.14. The maximum Gasteiger partial charge on any atom is 0.435 e. The maximum absolute atomic E-state index is 12.6. The van der Waals surface area contributed by atoms with Crippen LogP contribution in [0.5, 0.6) is 0 Å². The summed E-state index contributed by atoms with van der Waals surface area (Å²) in [6.07, 6.45) is -2.49. The van der Waals surface area contributed by atoms with E-state index in [0.29, 0.717) is 10.2 Å². The Morgan fingerprint density at radius 3 is 2.71 bits per heavy atom. The van der Waals surface area contributed by atoms with Gasteiger partial charge in [-0.3, -0.25) is 0 Å². The topological polar surface area (TPSA) is 43.6 Å².